The molecule has 1 atom stereocenters. The second-order valence-corrected chi connectivity index (χ2v) is 7.21. The van der Waals surface area contributed by atoms with Gasteiger partial charge in [-0.15, -0.1) is 11.3 Å². The molecule has 1 unspecified atom stereocenters. The van der Waals surface area contributed by atoms with E-state index >= 15 is 0 Å². The van der Waals surface area contributed by atoms with Gasteiger partial charge < -0.3 is 5.32 Å². The van der Waals surface area contributed by atoms with E-state index in [2.05, 4.69) is 10.3 Å². The number of hydrogen-bond acceptors (Lipinski definition) is 5. The summed E-state index contributed by atoms with van der Waals surface area (Å²) < 4.78 is 22.7. The number of thiazole rings is 1. The zero-order valence-electron chi connectivity index (χ0n) is 10.9. The fourth-order valence-electron chi connectivity index (χ4n) is 1.82. The van der Waals surface area contributed by atoms with Gasteiger partial charge in [0, 0.05) is 4.88 Å². The summed E-state index contributed by atoms with van der Waals surface area (Å²) in [6, 6.07) is 4.29. The highest BCUT2D eigenvalue weighted by Gasteiger charge is 2.15. The van der Waals surface area contributed by atoms with Crippen LogP contribution in [0.5, 0.6) is 0 Å². The zero-order chi connectivity index (χ0) is 14.9. The van der Waals surface area contributed by atoms with Crippen LogP contribution in [0.1, 0.15) is 23.5 Å². The van der Waals surface area contributed by atoms with Crippen molar-refractivity contribution >= 4 is 38.6 Å². The van der Waals surface area contributed by atoms with Crippen molar-refractivity contribution in [1.82, 2.24) is 4.98 Å². The Balaban J connectivity index is 2.32. The van der Waals surface area contributed by atoms with Crippen molar-refractivity contribution in [2.45, 2.75) is 24.8 Å². The van der Waals surface area contributed by atoms with Crippen molar-refractivity contribution in [2.24, 2.45) is 5.14 Å². The van der Waals surface area contributed by atoms with Gasteiger partial charge in [-0.2, -0.15) is 0 Å². The third-order valence-corrected chi connectivity index (χ3v) is 5.17. The molecule has 5 nitrogen and oxygen atoms in total. The molecule has 0 bridgehead atoms. The van der Waals surface area contributed by atoms with Crippen LogP contribution in [-0.2, 0) is 10.0 Å². The third kappa shape index (κ3) is 3.29. The van der Waals surface area contributed by atoms with E-state index in [1.54, 1.807) is 5.51 Å². The normalized spacial score (nSPS) is 13.2. The number of nitrogens with one attached hydrogen (secondary N) is 1. The van der Waals surface area contributed by atoms with Gasteiger partial charge in [0.1, 0.15) is 0 Å². The van der Waals surface area contributed by atoms with Crippen LogP contribution in [0, 0.1) is 6.92 Å². The Morgan fingerprint density at radius 3 is 2.70 bits per heavy atom. The number of nitrogens with two attached hydrogens (primary N) is 1. The maximum absolute atomic E-state index is 11.4. The van der Waals surface area contributed by atoms with E-state index in [-0.39, 0.29) is 10.9 Å². The van der Waals surface area contributed by atoms with Crippen molar-refractivity contribution in [3.63, 3.8) is 0 Å². The smallest absolute Gasteiger partial charge is 0.238 e. The molecule has 0 saturated heterocycles. The van der Waals surface area contributed by atoms with Gasteiger partial charge in [0.05, 0.1) is 32.9 Å². The number of nitrogens with zero attached hydrogens (tertiary/aromatic N) is 1. The highest BCUT2D eigenvalue weighted by atomic mass is 35.5. The molecule has 2 rings (SSSR count). The van der Waals surface area contributed by atoms with Gasteiger partial charge in [-0.05, 0) is 32.0 Å². The monoisotopic (exact) mass is 331 g/mol. The molecule has 0 saturated carbocycles. The summed E-state index contributed by atoms with van der Waals surface area (Å²) in [7, 11) is -3.75. The summed E-state index contributed by atoms with van der Waals surface area (Å²) in [5.74, 6) is 0. The van der Waals surface area contributed by atoms with Crippen molar-refractivity contribution in [1.29, 1.82) is 0 Å². The van der Waals surface area contributed by atoms with Gasteiger partial charge in [-0.25, -0.2) is 18.5 Å². The van der Waals surface area contributed by atoms with Gasteiger partial charge in [0.25, 0.3) is 0 Å². The van der Waals surface area contributed by atoms with Crippen molar-refractivity contribution in [3.8, 4) is 0 Å². The molecule has 0 aliphatic heterocycles. The van der Waals surface area contributed by atoms with E-state index in [1.165, 1.54) is 29.5 Å². The molecule has 0 aliphatic carbocycles. The van der Waals surface area contributed by atoms with E-state index in [0.29, 0.717) is 10.7 Å². The van der Waals surface area contributed by atoms with Crippen LogP contribution < -0.4 is 10.5 Å². The van der Waals surface area contributed by atoms with Gasteiger partial charge in [-0.3, -0.25) is 0 Å². The minimum Gasteiger partial charge on any atom is -0.376 e. The summed E-state index contributed by atoms with van der Waals surface area (Å²) in [4.78, 5) is 5.29. The van der Waals surface area contributed by atoms with Crippen molar-refractivity contribution in [2.75, 3.05) is 5.32 Å². The van der Waals surface area contributed by atoms with Gasteiger partial charge in [0.15, 0.2) is 0 Å². The maximum atomic E-state index is 11.4. The summed E-state index contributed by atoms with van der Waals surface area (Å²) in [5, 5.41) is 8.74. The van der Waals surface area contributed by atoms with Crippen LogP contribution in [0.2, 0.25) is 5.02 Å². The molecule has 0 radical (unpaired) electrons. The Kier molecular flexibility index (Phi) is 4.33. The predicted octanol–water partition coefficient (Wildman–Crippen LogP) is 2.93. The lowest BCUT2D eigenvalue weighted by atomic mass is 10.2. The molecule has 1 aromatic heterocycles. The molecule has 8 heteroatoms. The highest BCUT2D eigenvalue weighted by molar-refractivity contribution is 7.89. The van der Waals surface area contributed by atoms with E-state index in [0.717, 1.165) is 10.6 Å². The van der Waals surface area contributed by atoms with Crippen molar-refractivity contribution < 1.29 is 8.42 Å². The molecule has 0 spiro atoms. The molecule has 108 valence electrons. The van der Waals surface area contributed by atoms with E-state index in [1.807, 2.05) is 13.8 Å². The number of anilines is 1. The molecular formula is C12H14ClN3O2S2. The molecule has 20 heavy (non-hydrogen) atoms. The average Bonchev–Trinajstić information content (AvgIpc) is 2.77. The standard InChI is InChI=1S/C12H14ClN3O2S2/c1-7-12(19-6-15-7)8(2)16-11-5-9(20(14,17)18)3-4-10(11)13/h3-6,8,16H,1-2H3,(H2,14,17,18). The Bertz CT molecular complexity index is 728. The first-order chi connectivity index (χ1) is 9.29. The van der Waals surface area contributed by atoms with Crippen LogP contribution >= 0.6 is 22.9 Å². The van der Waals surface area contributed by atoms with E-state index in [4.69, 9.17) is 16.7 Å². The molecule has 3 N–H and O–H groups in total. The summed E-state index contributed by atoms with van der Waals surface area (Å²) in [6.45, 7) is 3.88. The Morgan fingerprint density at radius 1 is 1.45 bits per heavy atom. The molecule has 0 fully saturated rings. The first-order valence-corrected chi connectivity index (χ1v) is 8.58. The fraction of sp³-hybridized carbons (Fsp3) is 0.250. The first kappa shape index (κ1) is 15.2. The fourth-order valence-corrected chi connectivity index (χ4v) is 3.34. The third-order valence-electron chi connectivity index (χ3n) is 2.81. The number of hydrogen-bond donors (Lipinski definition) is 2. The quantitative estimate of drug-likeness (QED) is 0.902. The molecule has 1 heterocycles. The number of rotatable bonds is 4. The molecule has 0 aliphatic rings. The van der Waals surface area contributed by atoms with Crippen LogP contribution in [0.4, 0.5) is 5.69 Å². The lowest BCUT2D eigenvalue weighted by Gasteiger charge is -2.16. The Morgan fingerprint density at radius 2 is 2.15 bits per heavy atom. The highest BCUT2D eigenvalue weighted by Crippen LogP contribution is 2.30. The lowest BCUT2D eigenvalue weighted by Crippen LogP contribution is -2.13. The number of benzene rings is 1. The summed E-state index contributed by atoms with van der Waals surface area (Å²) in [6.07, 6.45) is 0. The number of aromatic nitrogens is 1. The van der Waals surface area contributed by atoms with Crippen molar-refractivity contribution in [3.05, 3.63) is 39.3 Å². The van der Waals surface area contributed by atoms with Crippen LogP contribution in [-0.4, -0.2) is 13.4 Å². The number of halogens is 1. The molecule has 1 aromatic carbocycles. The number of primary sulfonamides is 1. The first-order valence-electron chi connectivity index (χ1n) is 5.78. The summed E-state index contributed by atoms with van der Waals surface area (Å²) >= 11 is 7.61. The van der Waals surface area contributed by atoms with Crippen LogP contribution in [0.25, 0.3) is 0 Å². The second-order valence-electron chi connectivity index (χ2n) is 4.35. The molecular weight excluding hydrogens is 318 g/mol. The number of aryl methyl sites for hydroxylation is 1. The maximum Gasteiger partial charge on any atom is 0.238 e. The Labute approximate surface area is 126 Å². The average molecular weight is 332 g/mol. The van der Waals surface area contributed by atoms with Crippen LogP contribution in [0.15, 0.2) is 28.6 Å². The molecule has 0 amide bonds. The number of sulfonamides is 1. The largest absolute Gasteiger partial charge is 0.376 e. The van der Waals surface area contributed by atoms with Crippen LogP contribution in [0.3, 0.4) is 0 Å². The minimum absolute atomic E-state index is 0.0256. The molecule has 2 aromatic rings. The van der Waals surface area contributed by atoms with Gasteiger partial charge >= 0.3 is 0 Å². The zero-order valence-corrected chi connectivity index (χ0v) is 13.3. The van der Waals surface area contributed by atoms with Gasteiger partial charge in [0.2, 0.25) is 10.0 Å². The Hall–Kier alpha value is -1.15. The SMILES string of the molecule is Cc1ncsc1C(C)Nc1cc(S(N)(=O)=O)ccc1Cl. The van der Waals surface area contributed by atoms with E-state index < -0.39 is 10.0 Å². The van der Waals surface area contributed by atoms with E-state index in [9.17, 15) is 8.42 Å². The second kappa shape index (κ2) is 5.69. The lowest BCUT2D eigenvalue weighted by molar-refractivity contribution is 0.598. The predicted molar refractivity (Wildman–Crippen MR) is 81.7 cm³/mol. The minimum atomic E-state index is -3.75. The summed E-state index contributed by atoms with van der Waals surface area (Å²) in [5.41, 5.74) is 3.23. The topological polar surface area (TPSA) is 85.1 Å². The van der Waals surface area contributed by atoms with Gasteiger partial charge in [-0.1, -0.05) is 11.6 Å².